The Kier molecular flexibility index (Phi) is 4.60. The molecule has 2 aromatic carbocycles. The number of carbonyl (C=O) groups is 1. The van der Waals surface area contributed by atoms with Crippen molar-refractivity contribution in [3.63, 3.8) is 0 Å². The lowest BCUT2D eigenvalue weighted by Gasteiger charge is -2.29. The predicted octanol–water partition coefficient (Wildman–Crippen LogP) is 2.92. The summed E-state index contributed by atoms with van der Waals surface area (Å²) in [5.41, 5.74) is 7.26. The number of nitrogens with zero attached hydrogens (tertiary/aromatic N) is 2. The maximum Gasteiger partial charge on any atom is 0.264 e. The van der Waals surface area contributed by atoms with Crippen LogP contribution < -0.4 is 10.9 Å². The smallest absolute Gasteiger partial charge is 0.264 e. The number of amides is 1. The number of amidine groups is 1. The fourth-order valence-corrected chi connectivity index (χ4v) is 4.00. The molecular weight excluding hydrogens is 358 g/mol. The first-order chi connectivity index (χ1) is 12.6. The van der Waals surface area contributed by atoms with Crippen LogP contribution in [0.2, 0.25) is 0 Å². The zero-order valence-corrected chi connectivity index (χ0v) is 14.5. The number of nitrogens with one attached hydrogen (secondary N) is 2. The van der Waals surface area contributed by atoms with Gasteiger partial charge in [0.25, 0.3) is 5.91 Å². The predicted molar refractivity (Wildman–Crippen MR) is 95.8 cm³/mol. The second kappa shape index (κ2) is 7.05. The molecule has 2 aromatic rings. The third kappa shape index (κ3) is 3.30. The Labute approximate surface area is 153 Å². The number of hydrogen-bond donors (Lipinski definition) is 2. The molecular formula is C18H16F2N4OS. The number of halogens is 2. The van der Waals surface area contributed by atoms with E-state index in [2.05, 4.69) is 16.0 Å². The van der Waals surface area contributed by atoms with Crippen LogP contribution in [0.4, 0.5) is 8.78 Å². The summed E-state index contributed by atoms with van der Waals surface area (Å²) < 4.78 is 26.9. The number of fused-ring (bicyclic) bond motifs is 1. The van der Waals surface area contributed by atoms with Crippen molar-refractivity contribution >= 4 is 22.8 Å². The summed E-state index contributed by atoms with van der Waals surface area (Å²) in [5.74, 6) is -0.370. The van der Waals surface area contributed by atoms with Crippen molar-refractivity contribution in [2.24, 2.45) is 5.10 Å². The summed E-state index contributed by atoms with van der Waals surface area (Å²) in [6.07, 6.45) is 0.538. The molecule has 4 rings (SSSR count). The molecule has 1 saturated heterocycles. The Hall–Kier alpha value is -2.45. The van der Waals surface area contributed by atoms with Crippen molar-refractivity contribution in [1.29, 1.82) is 0 Å². The number of benzene rings is 2. The molecule has 0 radical (unpaired) electrons. The van der Waals surface area contributed by atoms with E-state index in [1.165, 1.54) is 30.0 Å². The van der Waals surface area contributed by atoms with Crippen LogP contribution in [-0.4, -0.2) is 22.1 Å². The molecule has 2 atom stereocenters. The normalized spacial score (nSPS) is 22.0. The number of hydrazine groups is 1. The molecule has 2 heterocycles. The van der Waals surface area contributed by atoms with Gasteiger partial charge in [-0.25, -0.2) is 19.6 Å². The van der Waals surface area contributed by atoms with Crippen molar-refractivity contribution in [2.45, 2.75) is 24.3 Å². The minimum atomic E-state index is -0.411. The van der Waals surface area contributed by atoms with Gasteiger partial charge in [0.15, 0.2) is 5.17 Å². The Morgan fingerprint density at radius 2 is 1.92 bits per heavy atom. The molecule has 2 aliphatic heterocycles. The SMILES string of the molecule is O=C1NN=C(SCc2ccccc2F)N2NC(c3ccc(F)cc3)CC12. The van der Waals surface area contributed by atoms with E-state index in [9.17, 15) is 13.6 Å². The lowest BCUT2D eigenvalue weighted by atomic mass is 10.0. The summed E-state index contributed by atoms with van der Waals surface area (Å²) in [5, 5.41) is 6.39. The van der Waals surface area contributed by atoms with Gasteiger partial charge in [0.05, 0.1) is 6.04 Å². The van der Waals surface area contributed by atoms with Crippen LogP contribution in [0.15, 0.2) is 53.6 Å². The van der Waals surface area contributed by atoms with Gasteiger partial charge in [-0.1, -0.05) is 42.1 Å². The third-order valence-electron chi connectivity index (χ3n) is 4.42. The maximum atomic E-state index is 13.8. The van der Waals surface area contributed by atoms with Gasteiger partial charge in [0.1, 0.15) is 17.7 Å². The summed E-state index contributed by atoms with van der Waals surface area (Å²) >= 11 is 1.34. The molecule has 0 aromatic heterocycles. The molecule has 1 fully saturated rings. The molecule has 0 saturated carbocycles. The molecule has 2 aliphatic rings. The van der Waals surface area contributed by atoms with E-state index in [4.69, 9.17) is 0 Å². The van der Waals surface area contributed by atoms with Crippen molar-refractivity contribution in [2.75, 3.05) is 0 Å². The first-order valence-corrected chi connectivity index (χ1v) is 9.15. The quantitative estimate of drug-likeness (QED) is 0.867. The van der Waals surface area contributed by atoms with Crippen molar-refractivity contribution < 1.29 is 13.6 Å². The van der Waals surface area contributed by atoms with E-state index in [0.29, 0.717) is 22.9 Å². The van der Waals surface area contributed by atoms with E-state index in [1.807, 2.05) is 0 Å². The first-order valence-electron chi connectivity index (χ1n) is 8.16. The molecule has 26 heavy (non-hydrogen) atoms. The van der Waals surface area contributed by atoms with Crippen LogP contribution in [0.3, 0.4) is 0 Å². The zero-order chi connectivity index (χ0) is 18.1. The molecule has 2 unspecified atom stereocenters. The van der Waals surface area contributed by atoms with Gasteiger partial charge in [0, 0.05) is 5.75 Å². The highest BCUT2D eigenvalue weighted by atomic mass is 32.2. The fourth-order valence-electron chi connectivity index (χ4n) is 3.05. The summed E-state index contributed by atoms with van der Waals surface area (Å²) in [6.45, 7) is 0. The maximum absolute atomic E-state index is 13.8. The van der Waals surface area contributed by atoms with E-state index in [1.54, 1.807) is 35.3 Å². The molecule has 134 valence electrons. The molecule has 2 N–H and O–H groups in total. The molecule has 0 bridgehead atoms. The third-order valence-corrected chi connectivity index (χ3v) is 5.42. The average molecular weight is 374 g/mol. The van der Waals surface area contributed by atoms with Gasteiger partial charge in [-0.15, -0.1) is 5.10 Å². The number of rotatable bonds is 3. The number of carbonyl (C=O) groups excluding carboxylic acids is 1. The van der Waals surface area contributed by atoms with Gasteiger partial charge < -0.3 is 0 Å². The lowest BCUT2D eigenvalue weighted by molar-refractivity contribution is -0.125. The van der Waals surface area contributed by atoms with Gasteiger partial charge >= 0.3 is 0 Å². The average Bonchev–Trinajstić information content (AvgIpc) is 3.09. The van der Waals surface area contributed by atoms with Crippen LogP contribution in [-0.2, 0) is 10.5 Å². The standard InChI is InChI=1S/C18H16F2N4OS/c19-13-7-5-11(6-8-13)15-9-16-17(25)21-22-18(24(16)23-15)26-10-12-3-1-2-4-14(12)20/h1-8,15-16,23H,9-10H2,(H,21,25). The monoisotopic (exact) mass is 374 g/mol. The van der Waals surface area contributed by atoms with E-state index in [0.717, 1.165) is 5.56 Å². The molecule has 0 spiro atoms. The number of thioether (sulfide) groups is 1. The summed E-state index contributed by atoms with van der Waals surface area (Å²) in [4.78, 5) is 12.2. The number of hydrazone groups is 1. The zero-order valence-electron chi connectivity index (χ0n) is 13.7. The van der Waals surface area contributed by atoms with Gasteiger partial charge in [-0.3, -0.25) is 9.80 Å². The topological polar surface area (TPSA) is 56.7 Å². The largest absolute Gasteiger partial charge is 0.272 e. The second-order valence-electron chi connectivity index (χ2n) is 6.11. The highest BCUT2D eigenvalue weighted by Gasteiger charge is 2.41. The fraction of sp³-hybridized carbons (Fsp3) is 0.222. The molecule has 5 nitrogen and oxygen atoms in total. The van der Waals surface area contributed by atoms with Gasteiger partial charge in [0.2, 0.25) is 0 Å². The Balaban J connectivity index is 1.49. The first kappa shape index (κ1) is 17.0. The molecule has 0 aliphatic carbocycles. The molecule has 1 amide bonds. The Morgan fingerprint density at radius 3 is 2.69 bits per heavy atom. The highest BCUT2D eigenvalue weighted by molar-refractivity contribution is 8.13. The van der Waals surface area contributed by atoms with E-state index in [-0.39, 0.29) is 23.6 Å². The van der Waals surface area contributed by atoms with Crippen LogP contribution in [0.5, 0.6) is 0 Å². The van der Waals surface area contributed by atoms with Crippen molar-refractivity contribution in [1.82, 2.24) is 15.9 Å². The van der Waals surface area contributed by atoms with Crippen LogP contribution in [0.1, 0.15) is 23.6 Å². The van der Waals surface area contributed by atoms with Crippen LogP contribution in [0, 0.1) is 11.6 Å². The van der Waals surface area contributed by atoms with Gasteiger partial charge in [-0.2, -0.15) is 0 Å². The Morgan fingerprint density at radius 1 is 1.15 bits per heavy atom. The summed E-state index contributed by atoms with van der Waals surface area (Å²) in [6, 6.07) is 12.2. The van der Waals surface area contributed by atoms with Gasteiger partial charge in [-0.05, 0) is 35.7 Å². The second-order valence-corrected chi connectivity index (χ2v) is 7.05. The van der Waals surface area contributed by atoms with Crippen LogP contribution >= 0.6 is 11.8 Å². The van der Waals surface area contributed by atoms with Crippen molar-refractivity contribution in [3.05, 3.63) is 71.3 Å². The van der Waals surface area contributed by atoms with Crippen molar-refractivity contribution in [3.8, 4) is 0 Å². The minimum Gasteiger partial charge on any atom is -0.272 e. The molecule has 8 heteroatoms. The van der Waals surface area contributed by atoms with Crippen LogP contribution in [0.25, 0.3) is 0 Å². The van der Waals surface area contributed by atoms with E-state index < -0.39 is 6.04 Å². The lowest BCUT2D eigenvalue weighted by Crippen LogP contribution is -2.52. The number of hydrogen-bond acceptors (Lipinski definition) is 5. The summed E-state index contributed by atoms with van der Waals surface area (Å²) in [7, 11) is 0. The minimum absolute atomic E-state index is 0.122. The van der Waals surface area contributed by atoms with E-state index >= 15 is 0 Å². The Bertz CT molecular complexity index is 859. The highest BCUT2D eigenvalue weighted by Crippen LogP contribution is 2.32.